The maximum absolute atomic E-state index is 14.0. The van der Waals surface area contributed by atoms with Crippen molar-refractivity contribution in [2.75, 3.05) is 36.4 Å². The van der Waals surface area contributed by atoms with E-state index < -0.39 is 0 Å². The largest absolute Gasteiger partial charge is 0.366 e. The van der Waals surface area contributed by atoms with Gasteiger partial charge in [-0.05, 0) is 36.8 Å². The average Bonchev–Trinajstić information content (AvgIpc) is 2.74. The van der Waals surface area contributed by atoms with Gasteiger partial charge in [-0.1, -0.05) is 24.3 Å². The number of nitrogens with zero attached hydrogens (tertiary/aromatic N) is 4. The number of carbonyl (C=O) groups excluding carboxylic acids is 1. The van der Waals surface area contributed by atoms with Crippen molar-refractivity contribution in [3.05, 3.63) is 78.0 Å². The van der Waals surface area contributed by atoms with E-state index in [1.54, 1.807) is 23.1 Å². The van der Waals surface area contributed by atoms with E-state index in [0.717, 1.165) is 11.3 Å². The molecular formula is C22H22FN5O. The van der Waals surface area contributed by atoms with Gasteiger partial charge in [0.25, 0.3) is 5.91 Å². The summed E-state index contributed by atoms with van der Waals surface area (Å²) in [6, 6.07) is 16.3. The van der Waals surface area contributed by atoms with E-state index in [2.05, 4.69) is 15.3 Å². The zero-order chi connectivity index (χ0) is 20.2. The summed E-state index contributed by atoms with van der Waals surface area (Å²) in [6.45, 7) is 4.19. The third-order valence-corrected chi connectivity index (χ3v) is 4.94. The van der Waals surface area contributed by atoms with Gasteiger partial charge >= 0.3 is 0 Å². The van der Waals surface area contributed by atoms with Crippen molar-refractivity contribution < 1.29 is 9.18 Å². The quantitative estimate of drug-likeness (QED) is 0.736. The molecule has 0 atom stereocenters. The van der Waals surface area contributed by atoms with Crippen LogP contribution in [0.2, 0.25) is 0 Å². The number of aryl methyl sites for hydroxylation is 1. The molecule has 0 bridgehead atoms. The minimum absolute atomic E-state index is 0.145. The Bertz CT molecular complexity index is 1020. The highest BCUT2D eigenvalue weighted by Crippen LogP contribution is 2.21. The summed E-state index contributed by atoms with van der Waals surface area (Å²) in [5, 5.41) is 3.21. The Morgan fingerprint density at radius 2 is 1.79 bits per heavy atom. The minimum Gasteiger partial charge on any atom is -0.366 e. The molecule has 1 aliphatic heterocycles. The Morgan fingerprint density at radius 1 is 1.00 bits per heavy atom. The van der Waals surface area contributed by atoms with Crippen molar-refractivity contribution in [3.8, 4) is 0 Å². The molecule has 3 aromatic rings. The van der Waals surface area contributed by atoms with Crippen LogP contribution in [0.3, 0.4) is 0 Å². The molecule has 2 heterocycles. The van der Waals surface area contributed by atoms with E-state index in [1.807, 2.05) is 42.2 Å². The van der Waals surface area contributed by atoms with Crippen LogP contribution in [0.1, 0.15) is 16.1 Å². The number of carbonyl (C=O) groups is 1. The lowest BCUT2D eigenvalue weighted by Gasteiger charge is -2.36. The monoisotopic (exact) mass is 391 g/mol. The smallest absolute Gasteiger partial charge is 0.272 e. The molecule has 0 saturated carbocycles. The van der Waals surface area contributed by atoms with Crippen molar-refractivity contribution in [1.29, 1.82) is 0 Å². The van der Waals surface area contributed by atoms with Crippen molar-refractivity contribution in [1.82, 2.24) is 14.9 Å². The molecule has 1 amide bonds. The number of aromatic nitrogens is 2. The van der Waals surface area contributed by atoms with E-state index in [-0.39, 0.29) is 11.7 Å². The fourth-order valence-corrected chi connectivity index (χ4v) is 3.43. The van der Waals surface area contributed by atoms with Crippen LogP contribution in [0.15, 0.2) is 60.9 Å². The lowest BCUT2D eigenvalue weighted by Crippen LogP contribution is -2.49. The van der Waals surface area contributed by atoms with E-state index in [9.17, 15) is 9.18 Å². The van der Waals surface area contributed by atoms with Crippen LogP contribution in [0.4, 0.5) is 21.6 Å². The van der Waals surface area contributed by atoms with E-state index in [0.29, 0.717) is 43.4 Å². The number of para-hydroxylation sites is 1. The first-order chi connectivity index (χ1) is 14.1. The van der Waals surface area contributed by atoms with Gasteiger partial charge in [-0.2, -0.15) is 0 Å². The minimum atomic E-state index is -0.241. The number of rotatable bonds is 4. The van der Waals surface area contributed by atoms with E-state index >= 15 is 0 Å². The number of anilines is 3. The summed E-state index contributed by atoms with van der Waals surface area (Å²) in [5.74, 6) is 0.182. The van der Waals surface area contributed by atoms with Crippen LogP contribution in [-0.4, -0.2) is 47.0 Å². The van der Waals surface area contributed by atoms with E-state index in [4.69, 9.17) is 0 Å². The lowest BCUT2D eigenvalue weighted by atomic mass is 10.2. The Kier molecular flexibility index (Phi) is 5.37. The van der Waals surface area contributed by atoms with Gasteiger partial charge in [0.2, 0.25) is 0 Å². The molecule has 6 nitrogen and oxygen atoms in total. The van der Waals surface area contributed by atoms with Crippen molar-refractivity contribution in [2.24, 2.45) is 0 Å². The van der Waals surface area contributed by atoms with Gasteiger partial charge < -0.3 is 15.1 Å². The van der Waals surface area contributed by atoms with Crippen molar-refractivity contribution in [3.63, 3.8) is 0 Å². The molecule has 4 rings (SSSR count). The molecule has 29 heavy (non-hydrogen) atoms. The summed E-state index contributed by atoms with van der Waals surface area (Å²) in [6.07, 6.45) is 1.39. The summed E-state index contributed by atoms with van der Waals surface area (Å²) in [7, 11) is 0. The van der Waals surface area contributed by atoms with Crippen molar-refractivity contribution in [2.45, 2.75) is 6.92 Å². The lowest BCUT2D eigenvalue weighted by molar-refractivity contribution is 0.0740. The normalized spacial score (nSPS) is 14.0. The molecule has 0 spiro atoms. The van der Waals surface area contributed by atoms with E-state index in [1.165, 1.54) is 12.4 Å². The zero-order valence-electron chi connectivity index (χ0n) is 16.2. The van der Waals surface area contributed by atoms with Crippen LogP contribution in [0.5, 0.6) is 0 Å². The summed E-state index contributed by atoms with van der Waals surface area (Å²) < 4.78 is 14.0. The third-order valence-electron chi connectivity index (χ3n) is 4.94. The standard InChI is InChI=1S/C22H22FN5O/c1-16-5-4-6-17(13-16)26-21-14-19(24-15-25-21)22(29)28-11-9-27(10-12-28)20-8-3-2-7-18(20)23/h2-8,13-15H,9-12H2,1H3,(H,24,25,26). The Hall–Kier alpha value is -3.48. The number of hydrogen-bond donors (Lipinski definition) is 1. The fraction of sp³-hybridized carbons (Fsp3) is 0.227. The molecular weight excluding hydrogens is 369 g/mol. The maximum Gasteiger partial charge on any atom is 0.272 e. The Morgan fingerprint density at radius 3 is 2.55 bits per heavy atom. The van der Waals surface area contributed by atoms with Crippen LogP contribution in [0.25, 0.3) is 0 Å². The van der Waals surface area contributed by atoms with Crippen LogP contribution < -0.4 is 10.2 Å². The van der Waals surface area contributed by atoms with Gasteiger partial charge in [-0.3, -0.25) is 4.79 Å². The first kappa shape index (κ1) is 18.9. The first-order valence-corrected chi connectivity index (χ1v) is 9.54. The second kappa shape index (κ2) is 8.26. The first-order valence-electron chi connectivity index (χ1n) is 9.54. The predicted molar refractivity (Wildman–Crippen MR) is 111 cm³/mol. The molecule has 2 aromatic carbocycles. The van der Waals surface area contributed by atoms with Crippen molar-refractivity contribution >= 4 is 23.1 Å². The average molecular weight is 391 g/mol. The Balaban J connectivity index is 1.42. The molecule has 1 saturated heterocycles. The number of halogens is 1. The topological polar surface area (TPSA) is 61.4 Å². The van der Waals surface area contributed by atoms with Gasteiger partial charge in [0.05, 0.1) is 5.69 Å². The van der Waals surface area contributed by atoms with Gasteiger partial charge in [0.15, 0.2) is 0 Å². The van der Waals surface area contributed by atoms with Crippen LogP contribution in [0, 0.1) is 12.7 Å². The molecule has 0 unspecified atom stereocenters. The van der Waals surface area contributed by atoms with Gasteiger partial charge in [-0.15, -0.1) is 0 Å². The summed E-state index contributed by atoms with van der Waals surface area (Å²) in [4.78, 5) is 25.0. The number of hydrogen-bond acceptors (Lipinski definition) is 5. The molecule has 1 N–H and O–H groups in total. The number of amides is 1. The highest BCUT2D eigenvalue weighted by Gasteiger charge is 2.24. The molecule has 0 radical (unpaired) electrons. The van der Waals surface area contributed by atoms with Gasteiger partial charge in [0.1, 0.15) is 23.7 Å². The summed E-state index contributed by atoms with van der Waals surface area (Å²) in [5.41, 5.74) is 2.95. The van der Waals surface area contributed by atoms with Crippen LogP contribution in [-0.2, 0) is 0 Å². The third kappa shape index (κ3) is 4.34. The molecule has 1 aromatic heterocycles. The maximum atomic E-state index is 14.0. The van der Waals surface area contributed by atoms with Crippen LogP contribution >= 0.6 is 0 Å². The molecule has 7 heteroatoms. The number of nitrogens with one attached hydrogen (secondary N) is 1. The molecule has 0 aliphatic carbocycles. The number of piperazine rings is 1. The second-order valence-electron chi connectivity index (χ2n) is 7.01. The summed E-state index contributed by atoms with van der Waals surface area (Å²) >= 11 is 0. The fourth-order valence-electron chi connectivity index (χ4n) is 3.43. The second-order valence-corrected chi connectivity index (χ2v) is 7.01. The Labute approximate surface area is 169 Å². The van der Waals surface area contributed by atoms with Gasteiger partial charge in [-0.25, -0.2) is 14.4 Å². The van der Waals surface area contributed by atoms with Gasteiger partial charge in [0, 0.05) is 37.9 Å². The zero-order valence-corrected chi connectivity index (χ0v) is 16.2. The highest BCUT2D eigenvalue weighted by molar-refractivity contribution is 5.93. The SMILES string of the molecule is Cc1cccc(Nc2cc(C(=O)N3CCN(c4ccccc4F)CC3)ncn2)c1. The predicted octanol–water partition coefficient (Wildman–Crippen LogP) is 3.63. The number of benzene rings is 2. The molecule has 148 valence electrons. The highest BCUT2D eigenvalue weighted by atomic mass is 19.1. The molecule has 1 aliphatic rings. The molecule has 1 fully saturated rings.